The van der Waals surface area contributed by atoms with Crippen LogP contribution in [0.3, 0.4) is 0 Å². The maximum absolute atomic E-state index is 8.84. The Labute approximate surface area is 88.1 Å². The molecule has 0 aliphatic heterocycles. The van der Waals surface area contributed by atoms with Crippen LogP contribution in [0.4, 0.5) is 0 Å². The first kappa shape index (κ1) is 12.0. The third kappa shape index (κ3) is 3.58. The van der Waals surface area contributed by atoms with Gasteiger partial charge in [0.25, 0.3) is 0 Å². The van der Waals surface area contributed by atoms with Gasteiger partial charge >= 0.3 is 0 Å². The van der Waals surface area contributed by atoms with E-state index in [1.165, 1.54) is 19.3 Å². The maximum Gasteiger partial charge on any atom is 0.0445 e. The molecule has 2 heteroatoms. The van der Waals surface area contributed by atoms with E-state index in [4.69, 9.17) is 5.11 Å². The fraction of sp³-hybridized carbons (Fsp3) is 1.00. The Morgan fingerprint density at radius 1 is 1.36 bits per heavy atom. The smallest absolute Gasteiger partial charge is 0.0445 e. The summed E-state index contributed by atoms with van der Waals surface area (Å²) in [6.07, 6.45) is 4.91. The summed E-state index contributed by atoms with van der Waals surface area (Å²) in [7, 11) is 0. The van der Waals surface area contributed by atoms with Gasteiger partial charge in [0.1, 0.15) is 0 Å². The highest BCUT2D eigenvalue weighted by molar-refractivity contribution is 4.82. The lowest BCUT2D eigenvalue weighted by Crippen LogP contribution is -2.44. The molecule has 4 unspecified atom stereocenters. The van der Waals surface area contributed by atoms with Crippen molar-refractivity contribution in [1.29, 1.82) is 0 Å². The highest BCUT2D eigenvalue weighted by Gasteiger charge is 2.25. The number of aliphatic hydroxyl groups is 1. The van der Waals surface area contributed by atoms with Crippen molar-refractivity contribution in [3.05, 3.63) is 0 Å². The lowest BCUT2D eigenvalue weighted by atomic mass is 9.80. The summed E-state index contributed by atoms with van der Waals surface area (Å²) in [4.78, 5) is 0. The molecule has 84 valence electrons. The van der Waals surface area contributed by atoms with Crippen molar-refractivity contribution in [2.24, 2.45) is 11.8 Å². The molecule has 4 atom stereocenters. The molecule has 2 nitrogen and oxygen atoms in total. The van der Waals surface area contributed by atoms with Gasteiger partial charge in [-0.3, -0.25) is 0 Å². The van der Waals surface area contributed by atoms with Crippen LogP contribution in [0.1, 0.15) is 46.5 Å². The summed E-state index contributed by atoms with van der Waals surface area (Å²) in [6.45, 7) is 7.15. The van der Waals surface area contributed by atoms with Crippen molar-refractivity contribution < 1.29 is 5.11 Å². The topological polar surface area (TPSA) is 32.3 Å². The minimum absolute atomic E-state index is 0.296. The molecule has 1 saturated carbocycles. The molecule has 1 aliphatic rings. The van der Waals surface area contributed by atoms with Gasteiger partial charge in [0.15, 0.2) is 0 Å². The van der Waals surface area contributed by atoms with Crippen molar-refractivity contribution in [1.82, 2.24) is 5.32 Å². The van der Waals surface area contributed by atoms with Crippen LogP contribution in [-0.4, -0.2) is 23.8 Å². The minimum Gasteiger partial charge on any atom is -0.396 e. The molecule has 1 aliphatic carbocycles. The number of nitrogens with one attached hydrogen (secondary N) is 1. The van der Waals surface area contributed by atoms with Crippen molar-refractivity contribution >= 4 is 0 Å². The van der Waals surface area contributed by atoms with Gasteiger partial charge in [-0.1, -0.05) is 20.3 Å². The molecule has 0 saturated heterocycles. The molecule has 0 amide bonds. The van der Waals surface area contributed by atoms with E-state index in [2.05, 4.69) is 26.1 Å². The Morgan fingerprint density at radius 2 is 2.07 bits per heavy atom. The normalized spacial score (nSPS) is 35.6. The van der Waals surface area contributed by atoms with E-state index in [1.807, 2.05) is 0 Å². The third-order valence-electron chi connectivity index (χ3n) is 3.52. The first-order valence-corrected chi connectivity index (χ1v) is 6.00. The molecule has 1 fully saturated rings. The van der Waals surface area contributed by atoms with Gasteiger partial charge in [-0.05, 0) is 38.0 Å². The summed E-state index contributed by atoms with van der Waals surface area (Å²) in [6, 6.07) is 1.12. The van der Waals surface area contributed by atoms with Crippen LogP contribution in [0.25, 0.3) is 0 Å². The third-order valence-corrected chi connectivity index (χ3v) is 3.52. The molecule has 14 heavy (non-hydrogen) atoms. The summed E-state index contributed by atoms with van der Waals surface area (Å²) in [5.74, 6) is 1.66. The predicted molar refractivity (Wildman–Crippen MR) is 60.3 cm³/mol. The zero-order valence-corrected chi connectivity index (χ0v) is 9.79. The van der Waals surface area contributed by atoms with E-state index in [0.717, 1.165) is 18.3 Å². The van der Waals surface area contributed by atoms with Crippen molar-refractivity contribution in [3.8, 4) is 0 Å². The van der Waals surface area contributed by atoms with Crippen molar-refractivity contribution in [3.63, 3.8) is 0 Å². The molecule has 0 aromatic heterocycles. The molecule has 0 aromatic carbocycles. The number of hydrogen-bond donors (Lipinski definition) is 2. The van der Waals surface area contributed by atoms with E-state index >= 15 is 0 Å². The van der Waals surface area contributed by atoms with Gasteiger partial charge in [0.2, 0.25) is 0 Å². The Bertz CT molecular complexity index is 160. The van der Waals surface area contributed by atoms with Crippen LogP contribution < -0.4 is 5.32 Å². The van der Waals surface area contributed by atoms with Gasteiger partial charge in [-0.25, -0.2) is 0 Å². The standard InChI is InChI=1S/C12H25NO/c1-9-4-5-10(2)12(8-9)13-11(3)6-7-14/h9-14H,4-8H2,1-3H3. The van der Waals surface area contributed by atoms with E-state index in [0.29, 0.717) is 18.7 Å². The second-order valence-corrected chi connectivity index (χ2v) is 5.08. The molecule has 0 heterocycles. The zero-order valence-electron chi connectivity index (χ0n) is 9.79. The van der Waals surface area contributed by atoms with Gasteiger partial charge < -0.3 is 10.4 Å². The highest BCUT2D eigenvalue weighted by Crippen LogP contribution is 2.28. The monoisotopic (exact) mass is 199 g/mol. The van der Waals surface area contributed by atoms with Crippen LogP contribution in [0, 0.1) is 11.8 Å². The molecule has 2 N–H and O–H groups in total. The Hall–Kier alpha value is -0.0800. The van der Waals surface area contributed by atoms with Gasteiger partial charge in [-0.2, -0.15) is 0 Å². The first-order chi connectivity index (χ1) is 6.63. The Balaban J connectivity index is 2.33. The SMILES string of the molecule is CC1CCC(C)C(NC(C)CCO)C1. The van der Waals surface area contributed by atoms with Gasteiger partial charge in [0.05, 0.1) is 0 Å². The van der Waals surface area contributed by atoms with E-state index in [9.17, 15) is 0 Å². The molecule has 0 spiro atoms. The van der Waals surface area contributed by atoms with Crippen LogP contribution in [-0.2, 0) is 0 Å². The van der Waals surface area contributed by atoms with Crippen molar-refractivity contribution in [2.45, 2.75) is 58.5 Å². The van der Waals surface area contributed by atoms with Crippen molar-refractivity contribution in [2.75, 3.05) is 6.61 Å². The molecule has 0 aromatic rings. The minimum atomic E-state index is 0.296. The summed E-state index contributed by atoms with van der Waals surface area (Å²) < 4.78 is 0. The highest BCUT2D eigenvalue weighted by atomic mass is 16.3. The largest absolute Gasteiger partial charge is 0.396 e. The molecular formula is C12H25NO. The molecular weight excluding hydrogens is 174 g/mol. The van der Waals surface area contributed by atoms with Crippen LogP contribution in [0.2, 0.25) is 0 Å². The quantitative estimate of drug-likeness (QED) is 0.727. The summed E-state index contributed by atoms with van der Waals surface area (Å²) in [5.41, 5.74) is 0. The zero-order chi connectivity index (χ0) is 10.6. The van der Waals surface area contributed by atoms with Gasteiger partial charge in [0, 0.05) is 18.7 Å². The summed E-state index contributed by atoms with van der Waals surface area (Å²) >= 11 is 0. The second kappa shape index (κ2) is 5.72. The predicted octanol–water partition coefficient (Wildman–Crippen LogP) is 2.17. The average Bonchev–Trinajstić information content (AvgIpc) is 2.12. The van der Waals surface area contributed by atoms with Crippen LogP contribution >= 0.6 is 0 Å². The van der Waals surface area contributed by atoms with Gasteiger partial charge in [-0.15, -0.1) is 0 Å². The maximum atomic E-state index is 8.84. The van der Waals surface area contributed by atoms with Crippen LogP contribution in [0.15, 0.2) is 0 Å². The number of hydrogen-bond acceptors (Lipinski definition) is 2. The number of aliphatic hydroxyl groups excluding tert-OH is 1. The first-order valence-electron chi connectivity index (χ1n) is 6.00. The second-order valence-electron chi connectivity index (χ2n) is 5.08. The average molecular weight is 199 g/mol. The molecule has 0 radical (unpaired) electrons. The fourth-order valence-electron chi connectivity index (χ4n) is 2.41. The van der Waals surface area contributed by atoms with E-state index in [-0.39, 0.29) is 0 Å². The fourth-order valence-corrected chi connectivity index (χ4v) is 2.41. The Kier molecular flexibility index (Phi) is 4.90. The molecule has 0 bridgehead atoms. The number of rotatable bonds is 4. The van der Waals surface area contributed by atoms with Crippen LogP contribution in [0.5, 0.6) is 0 Å². The van der Waals surface area contributed by atoms with E-state index < -0.39 is 0 Å². The van der Waals surface area contributed by atoms with E-state index in [1.54, 1.807) is 0 Å². The lowest BCUT2D eigenvalue weighted by Gasteiger charge is -2.35. The Morgan fingerprint density at radius 3 is 2.71 bits per heavy atom. The molecule has 1 rings (SSSR count). The lowest BCUT2D eigenvalue weighted by molar-refractivity contribution is 0.200. The summed E-state index contributed by atoms with van der Waals surface area (Å²) in [5, 5.41) is 12.5.